The normalized spacial score (nSPS) is 10.8. The number of ether oxygens (including phenoxy) is 1. The minimum Gasteiger partial charge on any atom is -0.465 e. The first-order valence-corrected chi connectivity index (χ1v) is 10.2. The van der Waals surface area contributed by atoms with E-state index in [9.17, 15) is 9.59 Å². The number of aromatic nitrogens is 1. The van der Waals surface area contributed by atoms with Crippen LogP contribution in [0, 0.1) is 13.8 Å². The molecule has 3 rings (SSSR count). The Kier molecular flexibility index (Phi) is 6.13. The molecule has 0 aliphatic rings. The molecule has 1 aromatic heterocycles. The highest BCUT2D eigenvalue weighted by atomic mass is 32.1. The van der Waals surface area contributed by atoms with Crippen molar-refractivity contribution in [3.05, 3.63) is 70.2 Å². The Morgan fingerprint density at radius 1 is 1.03 bits per heavy atom. The highest BCUT2D eigenvalue weighted by molar-refractivity contribution is 7.13. The first-order valence-electron chi connectivity index (χ1n) is 9.37. The van der Waals surface area contributed by atoms with E-state index >= 15 is 0 Å². The molecule has 0 bridgehead atoms. The lowest BCUT2D eigenvalue weighted by Gasteiger charge is -2.28. The molecule has 0 spiro atoms. The third kappa shape index (κ3) is 4.38. The Morgan fingerprint density at radius 2 is 1.69 bits per heavy atom. The fourth-order valence-corrected chi connectivity index (χ4v) is 3.98. The van der Waals surface area contributed by atoms with Crippen LogP contribution in [0.4, 0.5) is 5.69 Å². The topological polar surface area (TPSA) is 59.5 Å². The van der Waals surface area contributed by atoms with E-state index < -0.39 is 5.97 Å². The molecule has 29 heavy (non-hydrogen) atoms. The molecule has 0 saturated heterocycles. The van der Waals surface area contributed by atoms with Gasteiger partial charge in [-0.1, -0.05) is 12.1 Å². The van der Waals surface area contributed by atoms with Crippen molar-refractivity contribution in [2.24, 2.45) is 0 Å². The van der Waals surface area contributed by atoms with Gasteiger partial charge in [0.15, 0.2) is 0 Å². The Labute approximate surface area is 175 Å². The zero-order valence-corrected chi connectivity index (χ0v) is 18.0. The van der Waals surface area contributed by atoms with Gasteiger partial charge >= 0.3 is 5.97 Å². The molecular formula is C23H24N2O3S. The van der Waals surface area contributed by atoms with Crippen molar-refractivity contribution in [1.29, 1.82) is 0 Å². The molecule has 0 unspecified atom stereocenters. The maximum Gasteiger partial charge on any atom is 0.337 e. The number of aryl methyl sites for hydroxylation is 2. The molecule has 2 aromatic carbocycles. The van der Waals surface area contributed by atoms with Gasteiger partial charge in [-0.05, 0) is 63.6 Å². The molecule has 3 aromatic rings. The summed E-state index contributed by atoms with van der Waals surface area (Å²) in [5, 5.41) is 2.95. The predicted octanol–water partition coefficient (Wildman–Crippen LogP) is 5.27. The van der Waals surface area contributed by atoms with Gasteiger partial charge < -0.3 is 9.64 Å². The molecule has 150 valence electrons. The summed E-state index contributed by atoms with van der Waals surface area (Å²) >= 11 is 1.59. The van der Waals surface area contributed by atoms with E-state index in [1.165, 1.54) is 7.11 Å². The Balaban J connectivity index is 1.91. The number of carbonyl (C=O) groups excluding carboxylic acids is 2. The molecule has 6 heteroatoms. The average molecular weight is 409 g/mol. The van der Waals surface area contributed by atoms with Gasteiger partial charge in [0.05, 0.1) is 12.7 Å². The highest BCUT2D eigenvalue weighted by Gasteiger charge is 2.23. The van der Waals surface area contributed by atoms with Crippen LogP contribution >= 0.6 is 11.3 Å². The monoisotopic (exact) mass is 408 g/mol. The summed E-state index contributed by atoms with van der Waals surface area (Å²) in [7, 11) is 1.35. The maximum absolute atomic E-state index is 13.3. The second kappa shape index (κ2) is 8.57. The average Bonchev–Trinajstić information content (AvgIpc) is 3.14. The fourth-order valence-electron chi connectivity index (χ4n) is 3.17. The van der Waals surface area contributed by atoms with E-state index in [-0.39, 0.29) is 11.9 Å². The number of thiazole rings is 1. The lowest BCUT2D eigenvalue weighted by molar-refractivity contribution is 0.0600. The maximum atomic E-state index is 13.3. The zero-order chi connectivity index (χ0) is 21.1. The Bertz CT molecular complexity index is 1040. The molecule has 0 fully saturated rings. The number of hydrogen-bond donors (Lipinski definition) is 0. The number of methoxy groups -OCH3 is 1. The molecule has 0 atom stereocenters. The number of carbonyl (C=O) groups is 2. The quantitative estimate of drug-likeness (QED) is 0.540. The van der Waals surface area contributed by atoms with E-state index in [0.29, 0.717) is 11.1 Å². The van der Waals surface area contributed by atoms with E-state index in [1.807, 2.05) is 57.3 Å². The molecule has 0 saturated carbocycles. The van der Waals surface area contributed by atoms with Crippen molar-refractivity contribution in [3.63, 3.8) is 0 Å². The molecule has 0 aliphatic heterocycles. The standard InChI is InChI=1S/C23H24N2O3S/c1-14(2)25(20-11-10-19(12-15(20)3)23(27)28-5)22(26)18-8-6-17(7-9-18)21-24-16(4)13-29-21/h6-14H,1-5H3. The second-order valence-electron chi connectivity index (χ2n) is 7.13. The van der Waals surface area contributed by atoms with Gasteiger partial charge in [-0.3, -0.25) is 4.79 Å². The fraction of sp³-hybridized carbons (Fsp3) is 0.261. The van der Waals surface area contributed by atoms with Crippen LogP contribution in [0.1, 0.15) is 45.8 Å². The van der Waals surface area contributed by atoms with E-state index in [0.717, 1.165) is 27.5 Å². The van der Waals surface area contributed by atoms with Crippen LogP contribution in [0.25, 0.3) is 10.6 Å². The number of nitrogens with zero attached hydrogens (tertiary/aromatic N) is 2. The van der Waals surface area contributed by atoms with Crippen LogP contribution in [-0.2, 0) is 4.74 Å². The van der Waals surface area contributed by atoms with E-state index in [2.05, 4.69) is 4.98 Å². The number of esters is 1. The van der Waals surface area contributed by atoms with Gasteiger partial charge in [0.25, 0.3) is 5.91 Å². The number of rotatable bonds is 5. The third-order valence-corrected chi connectivity index (χ3v) is 5.62. The van der Waals surface area contributed by atoms with Crippen LogP contribution in [0.5, 0.6) is 0 Å². The summed E-state index contributed by atoms with van der Waals surface area (Å²) < 4.78 is 4.78. The van der Waals surface area contributed by atoms with Crippen molar-refractivity contribution in [1.82, 2.24) is 4.98 Å². The van der Waals surface area contributed by atoms with Gasteiger partial charge in [-0.15, -0.1) is 11.3 Å². The number of amides is 1. The molecule has 1 amide bonds. The summed E-state index contributed by atoms with van der Waals surface area (Å²) in [6.07, 6.45) is 0. The van der Waals surface area contributed by atoms with Gasteiger partial charge in [-0.25, -0.2) is 9.78 Å². The van der Waals surface area contributed by atoms with E-state index in [1.54, 1.807) is 34.4 Å². The van der Waals surface area contributed by atoms with Crippen molar-refractivity contribution in [2.45, 2.75) is 33.7 Å². The van der Waals surface area contributed by atoms with Crippen LogP contribution in [0.3, 0.4) is 0 Å². The van der Waals surface area contributed by atoms with Gasteiger partial charge in [0.1, 0.15) is 5.01 Å². The Hall–Kier alpha value is -2.99. The van der Waals surface area contributed by atoms with Crippen LogP contribution in [0.2, 0.25) is 0 Å². The Morgan fingerprint density at radius 3 is 2.21 bits per heavy atom. The predicted molar refractivity (Wildman–Crippen MR) is 117 cm³/mol. The minimum atomic E-state index is -0.393. The van der Waals surface area contributed by atoms with Crippen molar-refractivity contribution in [2.75, 3.05) is 12.0 Å². The molecule has 0 N–H and O–H groups in total. The second-order valence-corrected chi connectivity index (χ2v) is 7.99. The molecule has 5 nitrogen and oxygen atoms in total. The van der Waals surface area contributed by atoms with Crippen molar-refractivity contribution >= 4 is 28.9 Å². The zero-order valence-electron chi connectivity index (χ0n) is 17.2. The SMILES string of the molecule is COC(=O)c1ccc(N(C(=O)c2ccc(-c3nc(C)cs3)cc2)C(C)C)c(C)c1. The number of anilines is 1. The summed E-state index contributed by atoms with van der Waals surface area (Å²) in [4.78, 5) is 31.3. The van der Waals surface area contributed by atoms with Crippen molar-refractivity contribution in [3.8, 4) is 10.6 Å². The summed E-state index contributed by atoms with van der Waals surface area (Å²) in [5.41, 5.74) is 4.67. The molecule has 0 aliphatic carbocycles. The van der Waals surface area contributed by atoms with Crippen LogP contribution in [0.15, 0.2) is 47.8 Å². The number of benzene rings is 2. The first kappa shape index (κ1) is 20.7. The smallest absolute Gasteiger partial charge is 0.337 e. The minimum absolute atomic E-state index is 0.0496. The van der Waals surface area contributed by atoms with Gasteiger partial charge in [0.2, 0.25) is 0 Å². The van der Waals surface area contributed by atoms with Gasteiger partial charge in [0, 0.05) is 33.9 Å². The van der Waals surface area contributed by atoms with Crippen LogP contribution < -0.4 is 4.90 Å². The number of hydrogen-bond acceptors (Lipinski definition) is 5. The molecule has 1 heterocycles. The summed E-state index contributed by atoms with van der Waals surface area (Å²) in [6, 6.07) is 12.7. The van der Waals surface area contributed by atoms with Crippen LogP contribution in [-0.4, -0.2) is 30.0 Å². The largest absolute Gasteiger partial charge is 0.465 e. The molecule has 0 radical (unpaired) electrons. The highest BCUT2D eigenvalue weighted by Crippen LogP contribution is 2.28. The summed E-state index contributed by atoms with van der Waals surface area (Å²) in [5.74, 6) is -0.481. The lowest BCUT2D eigenvalue weighted by atomic mass is 10.1. The molecular weight excluding hydrogens is 384 g/mol. The first-order chi connectivity index (χ1) is 13.8. The van der Waals surface area contributed by atoms with Gasteiger partial charge in [-0.2, -0.15) is 0 Å². The third-order valence-electron chi connectivity index (χ3n) is 4.61. The lowest BCUT2D eigenvalue weighted by Crippen LogP contribution is -2.37. The summed E-state index contributed by atoms with van der Waals surface area (Å²) in [6.45, 7) is 7.79. The van der Waals surface area contributed by atoms with Crippen molar-refractivity contribution < 1.29 is 14.3 Å². The van der Waals surface area contributed by atoms with E-state index in [4.69, 9.17) is 4.74 Å².